The highest BCUT2D eigenvalue weighted by Gasteiger charge is 2.42. The molecule has 0 N–H and O–H groups in total. The molecule has 1 aliphatic carbocycles. The molecule has 1 aliphatic rings. The summed E-state index contributed by atoms with van der Waals surface area (Å²) in [5.74, 6) is -1.26. The number of fused-ring (bicyclic) bond motifs is 4. The van der Waals surface area contributed by atoms with Crippen molar-refractivity contribution in [3.05, 3.63) is 108 Å². The molecule has 0 bridgehead atoms. The van der Waals surface area contributed by atoms with Crippen LogP contribution in [-0.4, -0.2) is 38.4 Å². The minimum absolute atomic E-state index is 0.628. The lowest BCUT2D eigenvalue weighted by Crippen LogP contribution is -2.63. The van der Waals surface area contributed by atoms with Crippen molar-refractivity contribution in [1.82, 2.24) is 0 Å². The van der Waals surface area contributed by atoms with Crippen LogP contribution in [0, 0.1) is 0 Å². The molecule has 6 aromatic carbocycles. The third-order valence-electron chi connectivity index (χ3n) is 11.7. The lowest BCUT2D eigenvalue weighted by molar-refractivity contribution is -0.535. The monoisotopic (exact) mass is 692 g/mol. The lowest BCUT2D eigenvalue weighted by Gasteiger charge is -2.62. The Morgan fingerprint density at radius 2 is 0.615 bits per heavy atom. The van der Waals surface area contributed by atoms with E-state index in [1.54, 1.807) is 0 Å². The van der Waals surface area contributed by atoms with Gasteiger partial charge in [-0.25, -0.2) is 0 Å². The summed E-state index contributed by atoms with van der Waals surface area (Å²) in [6, 6.07) is 34.2. The summed E-state index contributed by atoms with van der Waals surface area (Å²) < 4.78 is 0. The Morgan fingerprint density at radius 1 is 0.385 bits per heavy atom. The number of nitrogens with zero attached hydrogens (tertiary/aromatic N) is 2. The van der Waals surface area contributed by atoms with E-state index in [1.807, 2.05) is 0 Å². The first-order chi connectivity index (χ1) is 25.5. The van der Waals surface area contributed by atoms with E-state index >= 15 is 10.2 Å². The molecule has 0 aromatic heterocycles. The second kappa shape index (κ2) is 16.3. The summed E-state index contributed by atoms with van der Waals surface area (Å²) >= 11 is 0. The normalized spacial score (nSPS) is 18.7. The van der Waals surface area contributed by atoms with Gasteiger partial charge < -0.3 is 20.0 Å². The van der Waals surface area contributed by atoms with Crippen LogP contribution in [0.4, 0.5) is 11.4 Å². The molecule has 0 amide bonds. The number of hydrogen-bond acceptors (Lipinski definition) is 4. The Morgan fingerprint density at radius 3 is 0.846 bits per heavy atom. The molecular formula is C48H56N2O2-2. The van der Waals surface area contributed by atoms with Gasteiger partial charge in [-0.1, -0.05) is 150 Å². The third kappa shape index (κ3) is 6.43. The zero-order valence-electron chi connectivity index (χ0n) is 31.7. The molecule has 6 aromatic rings. The zero-order valence-corrected chi connectivity index (χ0v) is 31.7. The van der Waals surface area contributed by atoms with E-state index in [0.29, 0.717) is 0 Å². The fourth-order valence-corrected chi connectivity index (χ4v) is 9.08. The van der Waals surface area contributed by atoms with Crippen LogP contribution >= 0.6 is 0 Å². The first kappa shape index (κ1) is 36.2. The SMILES string of the molecule is CCCCN(CCCC)c1c2ccccc2c(C2C([O-])C(c3c4ccccc4c(N(CCCC)CCCC)c4ccccc34)C2[O-])c2ccccc12. The highest BCUT2D eigenvalue weighted by atomic mass is 16.3. The summed E-state index contributed by atoms with van der Waals surface area (Å²) in [6.07, 6.45) is 6.93. The van der Waals surface area contributed by atoms with Crippen LogP contribution in [0.15, 0.2) is 97.1 Å². The molecule has 0 saturated heterocycles. The van der Waals surface area contributed by atoms with E-state index in [4.69, 9.17) is 0 Å². The molecule has 0 heterocycles. The summed E-state index contributed by atoms with van der Waals surface area (Å²) in [6.45, 7) is 13.0. The van der Waals surface area contributed by atoms with Crippen LogP contribution in [0.2, 0.25) is 0 Å². The van der Waals surface area contributed by atoms with Crippen LogP contribution < -0.4 is 20.0 Å². The van der Waals surface area contributed by atoms with Gasteiger partial charge in [-0.05, 0) is 70.2 Å². The van der Waals surface area contributed by atoms with E-state index in [1.165, 1.54) is 11.4 Å². The zero-order chi connectivity index (χ0) is 36.2. The van der Waals surface area contributed by atoms with Gasteiger partial charge in [0.05, 0.1) is 11.4 Å². The molecule has 4 heteroatoms. The summed E-state index contributed by atoms with van der Waals surface area (Å²) in [5, 5.41) is 38.9. The quantitative estimate of drug-likeness (QED) is 0.0948. The van der Waals surface area contributed by atoms with E-state index in [0.717, 1.165) is 132 Å². The molecule has 1 saturated carbocycles. The fourth-order valence-electron chi connectivity index (χ4n) is 9.08. The maximum absolute atomic E-state index is 15.0. The van der Waals surface area contributed by atoms with E-state index < -0.39 is 24.0 Å². The van der Waals surface area contributed by atoms with Gasteiger partial charge in [0.25, 0.3) is 0 Å². The van der Waals surface area contributed by atoms with E-state index in [9.17, 15) is 0 Å². The van der Waals surface area contributed by atoms with Crippen molar-refractivity contribution in [2.45, 2.75) is 103 Å². The number of anilines is 2. The Kier molecular flexibility index (Phi) is 11.3. The topological polar surface area (TPSA) is 52.6 Å². The highest BCUT2D eigenvalue weighted by molar-refractivity contribution is 6.16. The Balaban J connectivity index is 1.39. The van der Waals surface area contributed by atoms with Crippen molar-refractivity contribution in [2.24, 2.45) is 0 Å². The van der Waals surface area contributed by atoms with Crippen LogP contribution in [0.3, 0.4) is 0 Å². The van der Waals surface area contributed by atoms with Gasteiger partial charge in [0, 0.05) is 47.7 Å². The molecular weight excluding hydrogens is 637 g/mol. The molecule has 1 fully saturated rings. The van der Waals surface area contributed by atoms with Crippen molar-refractivity contribution in [1.29, 1.82) is 0 Å². The third-order valence-corrected chi connectivity index (χ3v) is 11.7. The van der Waals surface area contributed by atoms with E-state index in [2.05, 4.69) is 135 Å². The molecule has 4 nitrogen and oxygen atoms in total. The van der Waals surface area contributed by atoms with Gasteiger partial charge in [0.2, 0.25) is 0 Å². The average Bonchev–Trinajstić information content (AvgIpc) is 3.18. The van der Waals surface area contributed by atoms with Crippen molar-refractivity contribution in [2.75, 3.05) is 36.0 Å². The van der Waals surface area contributed by atoms with Gasteiger partial charge in [0.1, 0.15) is 0 Å². The van der Waals surface area contributed by atoms with Gasteiger partial charge in [-0.2, -0.15) is 0 Å². The second-order valence-corrected chi connectivity index (χ2v) is 15.1. The second-order valence-electron chi connectivity index (χ2n) is 15.1. The van der Waals surface area contributed by atoms with Crippen molar-refractivity contribution >= 4 is 54.5 Å². The summed E-state index contributed by atoms with van der Waals surface area (Å²) in [4.78, 5) is 5.14. The largest absolute Gasteiger partial charge is 0.851 e. The van der Waals surface area contributed by atoms with Crippen molar-refractivity contribution in [3.8, 4) is 0 Å². The first-order valence-electron chi connectivity index (χ1n) is 20.2. The highest BCUT2D eigenvalue weighted by Crippen LogP contribution is 2.54. The minimum Gasteiger partial charge on any atom is -0.851 e. The molecule has 0 radical (unpaired) electrons. The van der Waals surface area contributed by atoms with Gasteiger partial charge >= 0.3 is 0 Å². The molecule has 0 unspecified atom stereocenters. The molecule has 52 heavy (non-hydrogen) atoms. The molecule has 0 atom stereocenters. The predicted octanol–water partition coefficient (Wildman–Crippen LogP) is 10.5. The predicted molar refractivity (Wildman–Crippen MR) is 220 cm³/mol. The summed E-state index contributed by atoms with van der Waals surface area (Å²) in [7, 11) is 0. The van der Waals surface area contributed by atoms with Crippen LogP contribution in [0.25, 0.3) is 43.1 Å². The molecule has 0 aliphatic heterocycles. The first-order valence-corrected chi connectivity index (χ1v) is 20.2. The minimum atomic E-state index is -1.05. The van der Waals surface area contributed by atoms with Crippen LogP contribution in [0.5, 0.6) is 0 Å². The number of hydrogen-bond donors (Lipinski definition) is 0. The lowest BCUT2D eigenvalue weighted by atomic mass is 9.60. The van der Waals surface area contributed by atoms with Crippen molar-refractivity contribution < 1.29 is 10.2 Å². The standard InChI is InChI=1S/C48H56N2O2/c1-5-9-29-49(30-10-6-2)45-37-25-17-13-21-33(37)41(34-22-14-18-26-38(34)45)43-47(51)44(48(43)52)42-35-23-15-19-27-39(35)46(40-28-20-16-24-36(40)42)50(31-11-7-3)32-12-8-4/h13-28,43-44,47-48H,5-12,29-32H2,1-4H3/q-2. The number of benzene rings is 6. The Bertz CT molecular complexity index is 1850. The Labute approximate surface area is 311 Å². The van der Waals surface area contributed by atoms with Crippen LogP contribution in [0.1, 0.15) is 102 Å². The molecule has 0 spiro atoms. The fraction of sp³-hybridized carbons (Fsp3) is 0.417. The molecule has 7 rings (SSSR count). The number of rotatable bonds is 16. The summed E-state index contributed by atoms with van der Waals surface area (Å²) in [5.41, 5.74) is 4.40. The smallest absolute Gasteiger partial charge is 0.0525 e. The maximum Gasteiger partial charge on any atom is 0.0525 e. The number of unbranched alkanes of at least 4 members (excludes halogenated alkanes) is 4. The van der Waals surface area contributed by atoms with Crippen molar-refractivity contribution in [3.63, 3.8) is 0 Å². The van der Waals surface area contributed by atoms with Gasteiger partial charge in [0.15, 0.2) is 0 Å². The van der Waals surface area contributed by atoms with Gasteiger partial charge in [-0.15, -0.1) is 12.2 Å². The van der Waals surface area contributed by atoms with Crippen LogP contribution in [-0.2, 0) is 0 Å². The van der Waals surface area contributed by atoms with Gasteiger partial charge in [-0.3, -0.25) is 0 Å². The van der Waals surface area contributed by atoms with E-state index in [-0.39, 0.29) is 0 Å². The maximum atomic E-state index is 15.0. The Hall–Kier alpha value is -4.12. The molecule has 272 valence electrons. The average molecular weight is 693 g/mol.